The lowest BCUT2D eigenvalue weighted by Crippen LogP contribution is -2.35. The Morgan fingerprint density at radius 1 is 1.38 bits per heavy atom. The SMILES string of the molecule is C#CC(c1cc(C2=NC(c3ccccc3)CO2)ccc1C)N(O)C(N)=O. The van der Waals surface area contributed by atoms with E-state index in [9.17, 15) is 10.0 Å². The van der Waals surface area contributed by atoms with Gasteiger partial charge in [-0.15, -0.1) is 6.42 Å². The fourth-order valence-corrected chi connectivity index (χ4v) is 2.87. The second-order valence-electron chi connectivity index (χ2n) is 6.00. The van der Waals surface area contributed by atoms with Crippen molar-refractivity contribution in [1.82, 2.24) is 5.06 Å². The maximum Gasteiger partial charge on any atom is 0.340 e. The van der Waals surface area contributed by atoms with Gasteiger partial charge in [0.05, 0.1) is 0 Å². The predicted molar refractivity (Wildman–Crippen MR) is 97.6 cm³/mol. The molecule has 3 N–H and O–H groups in total. The minimum absolute atomic E-state index is 0.0701. The molecule has 2 aromatic carbocycles. The normalized spacial score (nSPS) is 17.0. The lowest BCUT2D eigenvalue weighted by Gasteiger charge is -2.22. The van der Waals surface area contributed by atoms with E-state index in [0.29, 0.717) is 23.1 Å². The highest BCUT2D eigenvalue weighted by atomic mass is 16.5. The summed E-state index contributed by atoms with van der Waals surface area (Å²) in [7, 11) is 0. The quantitative estimate of drug-likeness (QED) is 0.505. The zero-order valence-corrected chi connectivity index (χ0v) is 14.3. The van der Waals surface area contributed by atoms with E-state index in [0.717, 1.165) is 16.7 Å². The van der Waals surface area contributed by atoms with Crippen LogP contribution in [0.25, 0.3) is 0 Å². The summed E-state index contributed by atoms with van der Waals surface area (Å²) in [6.07, 6.45) is 5.49. The minimum atomic E-state index is -1.02. The molecule has 0 radical (unpaired) electrons. The maximum atomic E-state index is 11.3. The summed E-state index contributed by atoms with van der Waals surface area (Å²) in [6.45, 7) is 2.29. The molecule has 0 fully saturated rings. The van der Waals surface area contributed by atoms with Crippen molar-refractivity contribution >= 4 is 11.9 Å². The highest BCUT2D eigenvalue weighted by Gasteiger charge is 2.25. The molecule has 1 aliphatic heterocycles. The first-order valence-electron chi connectivity index (χ1n) is 8.11. The fraction of sp³-hybridized carbons (Fsp3) is 0.200. The average Bonchev–Trinajstić information content (AvgIpc) is 3.14. The highest BCUT2D eigenvalue weighted by molar-refractivity contribution is 5.95. The number of carbonyl (C=O) groups excluding carboxylic acids is 1. The van der Waals surface area contributed by atoms with Crippen molar-refractivity contribution in [3.05, 3.63) is 70.8 Å². The van der Waals surface area contributed by atoms with Crippen LogP contribution in [0.5, 0.6) is 0 Å². The van der Waals surface area contributed by atoms with Crippen LogP contribution in [0.2, 0.25) is 0 Å². The van der Waals surface area contributed by atoms with E-state index in [1.165, 1.54) is 0 Å². The fourth-order valence-electron chi connectivity index (χ4n) is 2.87. The number of hydrogen-bond donors (Lipinski definition) is 2. The first-order valence-corrected chi connectivity index (χ1v) is 8.11. The Morgan fingerprint density at radius 3 is 2.77 bits per heavy atom. The van der Waals surface area contributed by atoms with E-state index in [-0.39, 0.29) is 6.04 Å². The third-order valence-corrected chi connectivity index (χ3v) is 4.28. The van der Waals surface area contributed by atoms with Gasteiger partial charge in [0, 0.05) is 5.56 Å². The number of urea groups is 1. The molecule has 0 saturated heterocycles. The molecule has 1 heterocycles. The zero-order valence-electron chi connectivity index (χ0n) is 14.3. The van der Waals surface area contributed by atoms with Gasteiger partial charge in [0.2, 0.25) is 5.90 Å². The van der Waals surface area contributed by atoms with Gasteiger partial charge in [-0.3, -0.25) is 5.21 Å². The minimum Gasteiger partial charge on any atom is -0.475 e. The van der Waals surface area contributed by atoms with Gasteiger partial charge in [-0.05, 0) is 35.7 Å². The summed E-state index contributed by atoms with van der Waals surface area (Å²) >= 11 is 0. The van der Waals surface area contributed by atoms with E-state index in [2.05, 4.69) is 10.9 Å². The molecule has 26 heavy (non-hydrogen) atoms. The summed E-state index contributed by atoms with van der Waals surface area (Å²) in [5, 5.41) is 10.2. The molecule has 0 aliphatic carbocycles. The average molecular weight is 349 g/mol. The number of amides is 2. The lowest BCUT2D eigenvalue weighted by atomic mass is 9.98. The van der Waals surface area contributed by atoms with E-state index >= 15 is 0 Å². The van der Waals surface area contributed by atoms with Crippen LogP contribution in [0.3, 0.4) is 0 Å². The van der Waals surface area contributed by atoms with Crippen molar-refractivity contribution in [3.63, 3.8) is 0 Å². The topological polar surface area (TPSA) is 88.2 Å². The number of terminal acetylenes is 1. The van der Waals surface area contributed by atoms with Crippen LogP contribution in [-0.2, 0) is 4.74 Å². The van der Waals surface area contributed by atoms with Gasteiger partial charge >= 0.3 is 6.03 Å². The van der Waals surface area contributed by atoms with Crippen LogP contribution >= 0.6 is 0 Å². The smallest absolute Gasteiger partial charge is 0.340 e. The molecule has 2 unspecified atom stereocenters. The van der Waals surface area contributed by atoms with E-state index in [1.54, 1.807) is 6.07 Å². The van der Waals surface area contributed by atoms with Gasteiger partial charge < -0.3 is 10.5 Å². The van der Waals surface area contributed by atoms with Crippen molar-refractivity contribution in [3.8, 4) is 12.3 Å². The Hall–Kier alpha value is -3.30. The molecule has 6 heteroatoms. The largest absolute Gasteiger partial charge is 0.475 e. The van der Waals surface area contributed by atoms with Crippen molar-refractivity contribution in [2.24, 2.45) is 10.7 Å². The number of aryl methyl sites for hydroxylation is 1. The Kier molecular flexibility index (Phi) is 4.92. The van der Waals surface area contributed by atoms with Crippen LogP contribution in [0, 0.1) is 19.3 Å². The third-order valence-electron chi connectivity index (χ3n) is 4.28. The summed E-state index contributed by atoms with van der Waals surface area (Å²) < 4.78 is 5.75. The second kappa shape index (κ2) is 7.30. The van der Waals surface area contributed by atoms with Crippen LogP contribution in [0.15, 0.2) is 53.5 Å². The maximum absolute atomic E-state index is 11.3. The zero-order chi connectivity index (χ0) is 18.7. The van der Waals surface area contributed by atoms with Gasteiger partial charge in [-0.2, -0.15) is 5.06 Å². The Balaban J connectivity index is 1.93. The number of rotatable bonds is 4. The molecular formula is C20H19N3O3. The number of nitrogens with two attached hydrogens (primary N) is 1. The number of nitrogens with zero attached hydrogens (tertiary/aromatic N) is 2. The first-order chi connectivity index (χ1) is 12.5. The monoisotopic (exact) mass is 349 g/mol. The number of benzene rings is 2. The molecule has 1 aliphatic rings. The molecular weight excluding hydrogens is 330 g/mol. The first kappa shape index (κ1) is 17.5. The number of hydroxylamine groups is 2. The van der Waals surface area contributed by atoms with Gasteiger partial charge in [-0.1, -0.05) is 42.3 Å². The number of carbonyl (C=O) groups is 1. The molecule has 2 atom stereocenters. The van der Waals surface area contributed by atoms with Gasteiger partial charge in [0.1, 0.15) is 18.7 Å². The van der Waals surface area contributed by atoms with Crippen LogP contribution in [0.4, 0.5) is 4.79 Å². The summed E-state index contributed by atoms with van der Waals surface area (Å²) in [6, 6.07) is 13.3. The van der Waals surface area contributed by atoms with Crippen LogP contribution < -0.4 is 5.73 Å². The van der Waals surface area contributed by atoms with E-state index < -0.39 is 12.1 Å². The van der Waals surface area contributed by atoms with Gasteiger partial charge in [-0.25, -0.2) is 9.79 Å². The van der Waals surface area contributed by atoms with Crippen molar-refractivity contribution < 1.29 is 14.7 Å². The molecule has 2 amide bonds. The molecule has 6 nitrogen and oxygen atoms in total. The van der Waals surface area contributed by atoms with Gasteiger partial charge in [0.15, 0.2) is 0 Å². The Bertz CT molecular complexity index is 887. The molecule has 0 aromatic heterocycles. The second-order valence-corrected chi connectivity index (χ2v) is 6.00. The Morgan fingerprint density at radius 2 is 2.12 bits per heavy atom. The summed E-state index contributed by atoms with van der Waals surface area (Å²) in [4.78, 5) is 15.9. The lowest BCUT2D eigenvalue weighted by molar-refractivity contribution is -0.0597. The van der Waals surface area contributed by atoms with Crippen molar-refractivity contribution in [1.29, 1.82) is 0 Å². The van der Waals surface area contributed by atoms with Crippen molar-refractivity contribution in [2.75, 3.05) is 6.61 Å². The molecule has 132 valence electrons. The molecule has 3 rings (SSSR count). The standard InChI is InChI=1S/C20H19N3O3/c1-3-18(23(25)20(21)24)16-11-15(10-9-13(16)2)19-22-17(12-26-19)14-7-5-4-6-8-14/h1,4-11,17-18,25H,12H2,2H3,(H2,21,24). The molecule has 0 spiro atoms. The van der Waals surface area contributed by atoms with Crippen LogP contribution in [0.1, 0.15) is 34.3 Å². The van der Waals surface area contributed by atoms with E-state index in [4.69, 9.17) is 16.9 Å². The number of ether oxygens (including phenoxy) is 1. The highest BCUT2D eigenvalue weighted by Crippen LogP contribution is 2.28. The van der Waals surface area contributed by atoms with E-state index in [1.807, 2.05) is 49.4 Å². The van der Waals surface area contributed by atoms with Crippen LogP contribution in [-0.4, -0.2) is 28.8 Å². The number of hydrogen-bond acceptors (Lipinski definition) is 4. The van der Waals surface area contributed by atoms with Crippen molar-refractivity contribution in [2.45, 2.75) is 19.0 Å². The molecule has 0 saturated carbocycles. The summed E-state index contributed by atoms with van der Waals surface area (Å²) in [5.41, 5.74) is 8.33. The third kappa shape index (κ3) is 3.39. The predicted octanol–water partition coefficient (Wildman–Crippen LogP) is 2.96. The number of aliphatic imine (C=N–C) groups is 1. The molecule has 0 bridgehead atoms. The summed E-state index contributed by atoms with van der Waals surface area (Å²) in [5.74, 6) is 2.89. The molecule has 2 aromatic rings. The van der Waals surface area contributed by atoms with Gasteiger partial charge in [0.25, 0.3) is 0 Å². The Labute approximate surface area is 151 Å². The number of primary amides is 1.